The fraction of sp³-hybridized carbons (Fsp3) is 0.538. The molecule has 0 radical (unpaired) electrons. The van der Waals surface area contributed by atoms with Crippen molar-refractivity contribution in [3.05, 3.63) is 30.1 Å². The molecule has 0 aromatic carbocycles. The summed E-state index contributed by atoms with van der Waals surface area (Å²) in [6.07, 6.45) is 7.49. The van der Waals surface area contributed by atoms with E-state index in [0.717, 1.165) is 32.2 Å². The standard InChI is InChI=1S/C13H19N3O/c1-14-12(17)13(7-10-16-13)6-2-3-11-4-8-15-9-5-11/h4-5,8-9,16H,2-3,6-7,10H2,1H3,(H,14,17)/t13-/m1/s1. The van der Waals surface area contributed by atoms with Crippen molar-refractivity contribution in [1.82, 2.24) is 15.6 Å². The van der Waals surface area contributed by atoms with Gasteiger partial charge in [-0.3, -0.25) is 9.78 Å². The summed E-state index contributed by atoms with van der Waals surface area (Å²) in [5.41, 5.74) is 0.980. The molecule has 0 spiro atoms. The molecule has 1 aliphatic heterocycles. The number of likely N-dealkylation sites (N-methyl/N-ethyl adjacent to an activating group) is 1. The van der Waals surface area contributed by atoms with Gasteiger partial charge in [-0.25, -0.2) is 0 Å². The SMILES string of the molecule is CNC(=O)[C@@]1(CCCc2ccncc2)CCN1. The van der Waals surface area contributed by atoms with Crippen LogP contribution in [0.5, 0.6) is 0 Å². The van der Waals surface area contributed by atoms with Crippen molar-refractivity contribution in [2.75, 3.05) is 13.6 Å². The number of nitrogens with zero attached hydrogens (tertiary/aromatic N) is 1. The van der Waals surface area contributed by atoms with Gasteiger partial charge in [-0.1, -0.05) is 0 Å². The number of aryl methyl sites for hydroxylation is 1. The number of amides is 1. The van der Waals surface area contributed by atoms with E-state index in [1.807, 2.05) is 24.5 Å². The Balaban J connectivity index is 1.83. The molecule has 1 fully saturated rings. The minimum Gasteiger partial charge on any atom is -0.358 e. The van der Waals surface area contributed by atoms with Crippen molar-refractivity contribution < 1.29 is 4.79 Å². The van der Waals surface area contributed by atoms with Gasteiger partial charge in [0, 0.05) is 19.4 Å². The second-order valence-electron chi connectivity index (χ2n) is 4.55. The molecule has 0 saturated carbocycles. The van der Waals surface area contributed by atoms with Crippen LogP contribution in [0, 0.1) is 0 Å². The molecule has 4 nitrogen and oxygen atoms in total. The molecule has 2 rings (SSSR count). The fourth-order valence-corrected chi connectivity index (χ4v) is 2.33. The molecular weight excluding hydrogens is 214 g/mol. The summed E-state index contributed by atoms with van der Waals surface area (Å²) < 4.78 is 0. The summed E-state index contributed by atoms with van der Waals surface area (Å²) in [6, 6.07) is 4.06. The normalized spacial score (nSPS) is 22.9. The lowest BCUT2D eigenvalue weighted by Gasteiger charge is -2.41. The van der Waals surface area contributed by atoms with Gasteiger partial charge in [0.2, 0.25) is 5.91 Å². The van der Waals surface area contributed by atoms with Crippen LogP contribution in [-0.4, -0.2) is 30.0 Å². The van der Waals surface area contributed by atoms with Gasteiger partial charge in [0.25, 0.3) is 0 Å². The lowest BCUT2D eigenvalue weighted by molar-refractivity contribution is -0.130. The lowest BCUT2D eigenvalue weighted by Crippen LogP contribution is -2.65. The van der Waals surface area contributed by atoms with Crippen LogP contribution in [0.3, 0.4) is 0 Å². The molecule has 1 aromatic rings. The smallest absolute Gasteiger partial charge is 0.240 e. The monoisotopic (exact) mass is 233 g/mol. The Kier molecular flexibility index (Phi) is 3.74. The summed E-state index contributed by atoms with van der Waals surface area (Å²) in [6.45, 7) is 0.947. The molecule has 1 atom stereocenters. The second kappa shape index (κ2) is 5.27. The van der Waals surface area contributed by atoms with Gasteiger partial charge in [0.05, 0.1) is 5.54 Å². The molecule has 4 heteroatoms. The minimum absolute atomic E-state index is 0.124. The van der Waals surface area contributed by atoms with Gasteiger partial charge >= 0.3 is 0 Å². The first-order valence-electron chi connectivity index (χ1n) is 6.13. The predicted molar refractivity (Wildman–Crippen MR) is 66.6 cm³/mol. The first-order valence-corrected chi connectivity index (χ1v) is 6.13. The molecule has 0 unspecified atom stereocenters. The Labute approximate surface area is 102 Å². The minimum atomic E-state index is -0.304. The average Bonchev–Trinajstić information content (AvgIpc) is 2.33. The summed E-state index contributed by atoms with van der Waals surface area (Å²) in [5.74, 6) is 0.124. The average molecular weight is 233 g/mol. The number of pyridine rings is 1. The number of carbonyl (C=O) groups is 1. The van der Waals surface area contributed by atoms with E-state index in [9.17, 15) is 4.79 Å². The molecule has 17 heavy (non-hydrogen) atoms. The number of hydrogen-bond donors (Lipinski definition) is 2. The fourth-order valence-electron chi connectivity index (χ4n) is 2.33. The third-order valence-corrected chi connectivity index (χ3v) is 3.50. The molecular formula is C13H19N3O. The van der Waals surface area contributed by atoms with E-state index in [1.165, 1.54) is 5.56 Å². The van der Waals surface area contributed by atoms with Crippen LogP contribution < -0.4 is 10.6 Å². The van der Waals surface area contributed by atoms with E-state index < -0.39 is 0 Å². The van der Waals surface area contributed by atoms with Gasteiger partial charge in [-0.05, 0) is 49.9 Å². The first kappa shape index (κ1) is 12.0. The second-order valence-corrected chi connectivity index (χ2v) is 4.55. The number of nitrogens with one attached hydrogen (secondary N) is 2. The van der Waals surface area contributed by atoms with Crippen molar-refractivity contribution in [2.24, 2.45) is 0 Å². The van der Waals surface area contributed by atoms with E-state index in [4.69, 9.17) is 0 Å². The molecule has 0 aliphatic carbocycles. The number of rotatable bonds is 5. The zero-order chi connectivity index (χ0) is 12.1. The molecule has 0 bridgehead atoms. The Morgan fingerprint density at radius 3 is 2.76 bits per heavy atom. The highest BCUT2D eigenvalue weighted by Crippen LogP contribution is 2.25. The Hall–Kier alpha value is -1.42. The summed E-state index contributed by atoms with van der Waals surface area (Å²) in [5, 5.41) is 6.02. The molecule has 1 aromatic heterocycles. The maximum Gasteiger partial charge on any atom is 0.240 e. The molecule has 1 saturated heterocycles. The van der Waals surface area contributed by atoms with Crippen LogP contribution in [0.15, 0.2) is 24.5 Å². The highest BCUT2D eigenvalue weighted by molar-refractivity contribution is 5.87. The van der Waals surface area contributed by atoms with Crippen LogP contribution in [0.25, 0.3) is 0 Å². The van der Waals surface area contributed by atoms with E-state index in [0.29, 0.717) is 0 Å². The van der Waals surface area contributed by atoms with Gasteiger partial charge in [0.15, 0.2) is 0 Å². The van der Waals surface area contributed by atoms with E-state index >= 15 is 0 Å². The van der Waals surface area contributed by atoms with Crippen LogP contribution in [0.4, 0.5) is 0 Å². The highest BCUT2D eigenvalue weighted by atomic mass is 16.2. The number of hydrogen-bond acceptors (Lipinski definition) is 3. The lowest BCUT2D eigenvalue weighted by atomic mass is 9.81. The largest absolute Gasteiger partial charge is 0.358 e. The van der Waals surface area contributed by atoms with Crippen molar-refractivity contribution in [1.29, 1.82) is 0 Å². The molecule has 2 heterocycles. The van der Waals surface area contributed by atoms with Gasteiger partial charge in [-0.15, -0.1) is 0 Å². The predicted octanol–water partition coefficient (Wildman–Crippen LogP) is 0.882. The van der Waals surface area contributed by atoms with Gasteiger partial charge in [0.1, 0.15) is 0 Å². The van der Waals surface area contributed by atoms with Crippen LogP contribution >= 0.6 is 0 Å². The first-order chi connectivity index (χ1) is 8.27. The van der Waals surface area contributed by atoms with Crippen molar-refractivity contribution in [2.45, 2.75) is 31.2 Å². The zero-order valence-corrected chi connectivity index (χ0v) is 10.2. The molecule has 1 amide bonds. The van der Waals surface area contributed by atoms with Crippen molar-refractivity contribution >= 4 is 5.91 Å². The zero-order valence-electron chi connectivity index (χ0n) is 10.2. The topological polar surface area (TPSA) is 54.0 Å². The maximum atomic E-state index is 11.8. The maximum absolute atomic E-state index is 11.8. The van der Waals surface area contributed by atoms with Crippen molar-refractivity contribution in [3.8, 4) is 0 Å². The highest BCUT2D eigenvalue weighted by Gasteiger charge is 2.42. The van der Waals surface area contributed by atoms with Crippen LogP contribution in [0.1, 0.15) is 24.8 Å². The number of aromatic nitrogens is 1. The molecule has 2 N–H and O–H groups in total. The van der Waals surface area contributed by atoms with Crippen LogP contribution in [-0.2, 0) is 11.2 Å². The van der Waals surface area contributed by atoms with Gasteiger partial charge < -0.3 is 10.6 Å². The molecule has 92 valence electrons. The summed E-state index contributed by atoms with van der Waals surface area (Å²) >= 11 is 0. The Bertz CT molecular complexity index is 374. The van der Waals surface area contributed by atoms with Crippen LogP contribution in [0.2, 0.25) is 0 Å². The third-order valence-electron chi connectivity index (χ3n) is 3.50. The van der Waals surface area contributed by atoms with Crippen molar-refractivity contribution in [3.63, 3.8) is 0 Å². The number of carbonyl (C=O) groups excluding carboxylic acids is 1. The van der Waals surface area contributed by atoms with Gasteiger partial charge in [-0.2, -0.15) is 0 Å². The molecule has 1 aliphatic rings. The summed E-state index contributed by atoms with van der Waals surface area (Å²) in [7, 11) is 1.70. The Morgan fingerprint density at radius 1 is 1.53 bits per heavy atom. The quantitative estimate of drug-likeness (QED) is 0.794. The van der Waals surface area contributed by atoms with E-state index in [2.05, 4.69) is 15.6 Å². The third kappa shape index (κ3) is 2.64. The summed E-state index contributed by atoms with van der Waals surface area (Å²) in [4.78, 5) is 15.8. The van der Waals surface area contributed by atoms with E-state index in [1.54, 1.807) is 7.05 Å². The Morgan fingerprint density at radius 2 is 2.24 bits per heavy atom. The van der Waals surface area contributed by atoms with E-state index in [-0.39, 0.29) is 11.4 Å².